The molecular weight excluding hydrogens is 340 g/mol. The Morgan fingerprint density at radius 2 is 2.15 bits per heavy atom. The van der Waals surface area contributed by atoms with E-state index in [0.29, 0.717) is 18.8 Å². The van der Waals surface area contributed by atoms with Gasteiger partial charge in [0.2, 0.25) is 0 Å². The molecule has 0 saturated heterocycles. The van der Waals surface area contributed by atoms with E-state index in [4.69, 9.17) is 0 Å². The van der Waals surface area contributed by atoms with E-state index < -0.39 is 0 Å². The van der Waals surface area contributed by atoms with Gasteiger partial charge in [-0.25, -0.2) is 0 Å². The van der Waals surface area contributed by atoms with Crippen molar-refractivity contribution in [3.05, 3.63) is 71.9 Å². The zero-order chi connectivity index (χ0) is 18.8. The fraction of sp³-hybridized carbons (Fsp3) is 0.250. The number of H-pyrrole nitrogens is 1. The molecule has 1 atom stereocenters. The molecule has 1 amide bonds. The molecular formula is C20H22N6O. The summed E-state index contributed by atoms with van der Waals surface area (Å²) in [5, 5.41) is 15.5. The van der Waals surface area contributed by atoms with Crippen molar-refractivity contribution in [2.45, 2.75) is 26.4 Å². The van der Waals surface area contributed by atoms with Gasteiger partial charge in [0.25, 0.3) is 5.91 Å². The van der Waals surface area contributed by atoms with Gasteiger partial charge >= 0.3 is 0 Å². The molecule has 0 aliphatic carbocycles. The number of fused-ring (bicyclic) bond motifs is 1. The van der Waals surface area contributed by atoms with E-state index in [9.17, 15) is 4.79 Å². The number of aryl methyl sites for hydroxylation is 1. The van der Waals surface area contributed by atoms with E-state index in [1.54, 1.807) is 6.07 Å². The highest BCUT2D eigenvalue weighted by molar-refractivity contribution is 5.92. The standard InChI is InChI=1S/C20H22N6O/c1-14-10-22-26(12-14)15(2)11-21-20(27)18-9-17(23-24-18)13-25-8-7-16-5-3-4-6-19(16)25/h3-10,12,15H,11,13H2,1-2H3,(H,21,27)(H,23,24)/t15-/m1/s1. The zero-order valence-corrected chi connectivity index (χ0v) is 15.4. The number of nitrogens with zero attached hydrogens (tertiary/aromatic N) is 4. The number of carbonyl (C=O) groups excluding carboxylic acids is 1. The molecule has 0 bridgehead atoms. The maximum Gasteiger partial charge on any atom is 0.271 e. The van der Waals surface area contributed by atoms with Crippen molar-refractivity contribution >= 4 is 16.8 Å². The summed E-state index contributed by atoms with van der Waals surface area (Å²) >= 11 is 0. The first kappa shape index (κ1) is 17.1. The topological polar surface area (TPSA) is 80.5 Å². The third kappa shape index (κ3) is 3.62. The number of nitrogens with one attached hydrogen (secondary N) is 2. The van der Waals surface area contributed by atoms with Crippen LogP contribution in [-0.4, -0.2) is 37.0 Å². The zero-order valence-electron chi connectivity index (χ0n) is 15.4. The Morgan fingerprint density at radius 1 is 1.30 bits per heavy atom. The number of hydrogen-bond acceptors (Lipinski definition) is 3. The van der Waals surface area contributed by atoms with E-state index in [2.05, 4.69) is 43.4 Å². The number of benzene rings is 1. The van der Waals surface area contributed by atoms with Gasteiger partial charge in [-0.1, -0.05) is 18.2 Å². The van der Waals surface area contributed by atoms with E-state index in [0.717, 1.165) is 16.8 Å². The molecule has 0 spiro atoms. The van der Waals surface area contributed by atoms with Gasteiger partial charge in [0, 0.05) is 24.5 Å². The van der Waals surface area contributed by atoms with Crippen LogP contribution in [0, 0.1) is 6.92 Å². The molecule has 4 aromatic rings. The molecule has 0 unspecified atom stereocenters. The summed E-state index contributed by atoms with van der Waals surface area (Å²) < 4.78 is 3.98. The Bertz CT molecular complexity index is 1070. The predicted octanol–water partition coefficient (Wildman–Crippen LogP) is 2.91. The van der Waals surface area contributed by atoms with E-state index in [-0.39, 0.29) is 11.9 Å². The van der Waals surface area contributed by atoms with Crippen molar-refractivity contribution in [1.29, 1.82) is 0 Å². The number of para-hydroxylation sites is 1. The second kappa shape index (κ2) is 7.11. The smallest absolute Gasteiger partial charge is 0.271 e. The number of carbonyl (C=O) groups is 1. The maximum atomic E-state index is 12.4. The Morgan fingerprint density at radius 3 is 2.96 bits per heavy atom. The lowest BCUT2D eigenvalue weighted by atomic mass is 10.2. The third-order valence-electron chi connectivity index (χ3n) is 4.62. The predicted molar refractivity (Wildman–Crippen MR) is 104 cm³/mol. The van der Waals surface area contributed by atoms with Crippen LogP contribution in [-0.2, 0) is 6.54 Å². The molecule has 0 radical (unpaired) electrons. The first-order valence-electron chi connectivity index (χ1n) is 8.97. The Labute approximate surface area is 157 Å². The first-order valence-corrected chi connectivity index (χ1v) is 8.97. The van der Waals surface area contributed by atoms with Crippen molar-refractivity contribution < 1.29 is 4.79 Å². The van der Waals surface area contributed by atoms with Gasteiger partial charge in [-0.05, 0) is 43.0 Å². The highest BCUT2D eigenvalue weighted by Gasteiger charge is 2.13. The minimum absolute atomic E-state index is 0.0762. The molecule has 3 aromatic heterocycles. The van der Waals surface area contributed by atoms with Crippen LogP contribution in [0.2, 0.25) is 0 Å². The Balaban J connectivity index is 1.39. The van der Waals surface area contributed by atoms with Crippen LogP contribution in [0.5, 0.6) is 0 Å². The number of amides is 1. The quantitative estimate of drug-likeness (QED) is 0.553. The molecule has 138 valence electrons. The second-order valence-electron chi connectivity index (χ2n) is 6.84. The van der Waals surface area contributed by atoms with Crippen molar-refractivity contribution in [3.8, 4) is 0 Å². The van der Waals surface area contributed by atoms with E-state index in [1.807, 2.05) is 49.3 Å². The maximum absolute atomic E-state index is 12.4. The normalized spacial score (nSPS) is 12.4. The number of aromatic nitrogens is 5. The molecule has 27 heavy (non-hydrogen) atoms. The Kier molecular flexibility index (Phi) is 4.50. The third-order valence-corrected chi connectivity index (χ3v) is 4.62. The lowest BCUT2D eigenvalue weighted by Crippen LogP contribution is -2.30. The van der Waals surface area contributed by atoms with Gasteiger partial charge in [-0.3, -0.25) is 14.6 Å². The fourth-order valence-electron chi connectivity index (χ4n) is 3.12. The molecule has 0 aliphatic rings. The van der Waals surface area contributed by atoms with Crippen LogP contribution in [0.1, 0.15) is 34.7 Å². The average Bonchev–Trinajstić information content (AvgIpc) is 3.40. The highest BCUT2D eigenvalue weighted by Crippen LogP contribution is 2.16. The van der Waals surface area contributed by atoms with Gasteiger partial charge in [0.05, 0.1) is 24.5 Å². The molecule has 0 aliphatic heterocycles. The molecule has 7 nitrogen and oxygen atoms in total. The van der Waals surface area contributed by atoms with Crippen LogP contribution >= 0.6 is 0 Å². The van der Waals surface area contributed by atoms with Crippen LogP contribution in [0.25, 0.3) is 10.9 Å². The summed E-state index contributed by atoms with van der Waals surface area (Å²) in [7, 11) is 0. The lowest BCUT2D eigenvalue weighted by molar-refractivity contribution is 0.0943. The summed E-state index contributed by atoms with van der Waals surface area (Å²) in [6.07, 6.45) is 5.81. The van der Waals surface area contributed by atoms with Gasteiger partial charge < -0.3 is 9.88 Å². The summed E-state index contributed by atoms with van der Waals surface area (Å²) in [4.78, 5) is 12.4. The summed E-state index contributed by atoms with van der Waals surface area (Å²) in [6.45, 7) is 5.13. The minimum atomic E-state index is -0.189. The SMILES string of the molecule is Cc1cnn([C@H](C)CNC(=O)c2cc(Cn3ccc4ccccc43)[nH]n2)c1. The molecule has 7 heteroatoms. The molecule has 0 saturated carbocycles. The molecule has 1 aromatic carbocycles. The van der Waals surface area contributed by atoms with E-state index in [1.165, 1.54) is 5.39 Å². The minimum Gasteiger partial charge on any atom is -0.349 e. The van der Waals surface area contributed by atoms with Gasteiger partial charge in [0.1, 0.15) is 5.69 Å². The average molecular weight is 362 g/mol. The number of rotatable bonds is 6. The number of aromatic amines is 1. The Hall–Kier alpha value is -3.35. The first-order chi connectivity index (χ1) is 13.1. The van der Waals surface area contributed by atoms with Crippen LogP contribution < -0.4 is 5.32 Å². The summed E-state index contributed by atoms with van der Waals surface area (Å²) in [6, 6.07) is 12.2. The number of hydrogen-bond donors (Lipinski definition) is 2. The van der Waals surface area contributed by atoms with Crippen molar-refractivity contribution in [3.63, 3.8) is 0 Å². The monoisotopic (exact) mass is 362 g/mol. The van der Waals surface area contributed by atoms with E-state index >= 15 is 0 Å². The lowest BCUT2D eigenvalue weighted by Gasteiger charge is -2.12. The summed E-state index contributed by atoms with van der Waals surface area (Å²) in [5.74, 6) is -0.189. The largest absolute Gasteiger partial charge is 0.349 e. The summed E-state index contributed by atoms with van der Waals surface area (Å²) in [5.41, 5.74) is 3.53. The van der Waals surface area contributed by atoms with Crippen molar-refractivity contribution in [1.82, 2.24) is 29.9 Å². The second-order valence-corrected chi connectivity index (χ2v) is 6.84. The van der Waals surface area contributed by atoms with Crippen LogP contribution in [0.15, 0.2) is 55.0 Å². The molecule has 3 heterocycles. The van der Waals surface area contributed by atoms with Crippen molar-refractivity contribution in [2.75, 3.05) is 6.54 Å². The van der Waals surface area contributed by atoms with Gasteiger partial charge in [0.15, 0.2) is 0 Å². The van der Waals surface area contributed by atoms with Gasteiger partial charge in [-0.15, -0.1) is 0 Å². The van der Waals surface area contributed by atoms with Crippen molar-refractivity contribution in [2.24, 2.45) is 0 Å². The van der Waals surface area contributed by atoms with Crippen LogP contribution in [0.3, 0.4) is 0 Å². The highest BCUT2D eigenvalue weighted by atomic mass is 16.1. The fourth-order valence-corrected chi connectivity index (χ4v) is 3.12. The molecule has 0 fully saturated rings. The van der Waals surface area contributed by atoms with Gasteiger partial charge in [-0.2, -0.15) is 10.2 Å². The van der Waals surface area contributed by atoms with Crippen LogP contribution in [0.4, 0.5) is 0 Å². The molecule has 4 rings (SSSR count). The molecule has 2 N–H and O–H groups in total.